The van der Waals surface area contributed by atoms with E-state index in [0.29, 0.717) is 30.8 Å². The van der Waals surface area contributed by atoms with Gasteiger partial charge in [0.15, 0.2) is 9.92 Å². The fraction of sp³-hybridized carbons (Fsp3) is 0.318. The molecule has 1 aliphatic heterocycles. The molecule has 0 spiro atoms. The van der Waals surface area contributed by atoms with Crippen molar-refractivity contribution in [3.8, 4) is 22.9 Å². The van der Waals surface area contributed by atoms with E-state index in [1.54, 1.807) is 10.7 Å². The van der Waals surface area contributed by atoms with Gasteiger partial charge in [-0.1, -0.05) is 12.1 Å². The van der Waals surface area contributed by atoms with Crippen LogP contribution in [0.5, 0.6) is 11.8 Å². The second kappa shape index (κ2) is 8.69. The van der Waals surface area contributed by atoms with Crippen molar-refractivity contribution in [2.24, 2.45) is 9.50 Å². The van der Waals surface area contributed by atoms with E-state index >= 15 is 0 Å². The summed E-state index contributed by atoms with van der Waals surface area (Å²) in [6.07, 6.45) is 5.57. The van der Waals surface area contributed by atoms with E-state index in [4.69, 9.17) is 14.6 Å². The van der Waals surface area contributed by atoms with Gasteiger partial charge in [0.05, 0.1) is 31.8 Å². The normalized spacial score (nSPS) is 16.1. The Morgan fingerprint density at radius 3 is 2.97 bits per heavy atom. The molecule has 1 aliphatic carbocycles. The highest BCUT2D eigenvalue weighted by molar-refractivity contribution is 7.91. The number of amides is 2. The Bertz CT molecular complexity index is 1410. The van der Waals surface area contributed by atoms with Gasteiger partial charge in [-0.05, 0) is 30.4 Å². The number of rotatable bonds is 4. The number of ether oxygens (including phenoxy) is 2. The summed E-state index contributed by atoms with van der Waals surface area (Å²) in [7, 11) is -2.20. The molecule has 178 valence electrons. The maximum Gasteiger partial charge on any atom is 0.354 e. The molecule has 2 aromatic heterocycles. The van der Waals surface area contributed by atoms with E-state index in [9.17, 15) is 13.4 Å². The van der Waals surface area contributed by atoms with Crippen molar-refractivity contribution in [1.82, 2.24) is 14.8 Å². The second-order valence-corrected chi connectivity index (χ2v) is 9.77. The standard InChI is InChI=1S/C22H23FN6O4S/c1-32-19-10-16(17(23)11-25-19)15-7-6-13-4-2-5-14(13)20(15)27-22(30)28-34(24,31)18-12-26-29-8-3-9-33-21(18)29/h6-7,10-12H,2-5,8-9H2,1H3,(H3,24,27,28,30,31)/t34-/m1/s1. The van der Waals surface area contributed by atoms with E-state index in [1.165, 1.54) is 19.4 Å². The highest BCUT2D eigenvalue weighted by Gasteiger charge is 2.26. The monoisotopic (exact) mass is 486 g/mol. The molecule has 34 heavy (non-hydrogen) atoms. The third-order valence-electron chi connectivity index (χ3n) is 5.89. The van der Waals surface area contributed by atoms with Crippen LogP contribution >= 0.6 is 0 Å². The summed E-state index contributed by atoms with van der Waals surface area (Å²) < 4.78 is 43.9. The van der Waals surface area contributed by atoms with Crippen LogP contribution in [0.2, 0.25) is 0 Å². The number of hydrogen-bond acceptors (Lipinski definition) is 6. The lowest BCUT2D eigenvalue weighted by Gasteiger charge is -2.17. The molecule has 0 unspecified atom stereocenters. The molecule has 3 aromatic rings. The summed E-state index contributed by atoms with van der Waals surface area (Å²) in [6, 6.07) is 4.20. The zero-order valence-electron chi connectivity index (χ0n) is 18.4. The Hall–Kier alpha value is -3.51. The van der Waals surface area contributed by atoms with Crippen LogP contribution in [0.4, 0.5) is 14.9 Å². The molecule has 12 heteroatoms. The molecule has 5 rings (SSSR count). The van der Waals surface area contributed by atoms with E-state index in [-0.39, 0.29) is 22.2 Å². The van der Waals surface area contributed by atoms with Crippen LogP contribution in [0.1, 0.15) is 24.0 Å². The average molecular weight is 487 g/mol. The zero-order valence-corrected chi connectivity index (χ0v) is 19.2. The number of pyridine rings is 1. The van der Waals surface area contributed by atoms with Gasteiger partial charge in [-0.25, -0.2) is 28.2 Å². The molecule has 3 N–H and O–H groups in total. The molecule has 3 heterocycles. The number of nitrogens with one attached hydrogen (secondary N) is 1. The molecule has 1 aromatic carbocycles. The van der Waals surface area contributed by atoms with Crippen LogP contribution < -0.4 is 19.9 Å². The Morgan fingerprint density at radius 1 is 1.29 bits per heavy atom. The second-order valence-electron chi connectivity index (χ2n) is 8.02. The molecular formula is C22H23FN6O4S. The smallest absolute Gasteiger partial charge is 0.354 e. The highest BCUT2D eigenvalue weighted by Crippen LogP contribution is 2.39. The van der Waals surface area contributed by atoms with Crippen molar-refractivity contribution in [3.63, 3.8) is 0 Å². The summed E-state index contributed by atoms with van der Waals surface area (Å²) in [6.45, 7) is 1.03. The molecule has 0 radical (unpaired) electrons. The van der Waals surface area contributed by atoms with Gasteiger partial charge in [-0.3, -0.25) is 0 Å². The molecule has 0 saturated heterocycles. The lowest BCUT2D eigenvalue weighted by atomic mass is 9.97. The third kappa shape index (κ3) is 3.99. The number of fused-ring (bicyclic) bond motifs is 2. The number of nitrogens with zero attached hydrogens (tertiary/aromatic N) is 4. The molecule has 10 nitrogen and oxygen atoms in total. The molecule has 0 fully saturated rings. The number of methoxy groups -OCH3 is 1. The lowest BCUT2D eigenvalue weighted by molar-refractivity contribution is 0.224. The van der Waals surface area contributed by atoms with Crippen LogP contribution in [0.3, 0.4) is 0 Å². The SMILES string of the molecule is COc1cc(-c2ccc3c(c2NC(=O)N=[S@@](N)(=O)c2cnn4c2OCCC4)CCC3)c(F)cn1. The topological polar surface area (TPSA) is 134 Å². The number of anilines is 1. The van der Waals surface area contributed by atoms with Gasteiger partial charge in [0.25, 0.3) is 0 Å². The van der Waals surface area contributed by atoms with Crippen LogP contribution in [-0.4, -0.2) is 38.7 Å². The van der Waals surface area contributed by atoms with E-state index < -0.39 is 21.8 Å². The first-order chi connectivity index (χ1) is 16.4. The first-order valence-corrected chi connectivity index (χ1v) is 12.3. The lowest BCUT2D eigenvalue weighted by Crippen LogP contribution is -2.21. The Morgan fingerprint density at radius 2 is 2.15 bits per heavy atom. The highest BCUT2D eigenvalue weighted by atomic mass is 32.2. The fourth-order valence-corrected chi connectivity index (χ4v) is 5.32. The van der Waals surface area contributed by atoms with Crippen molar-refractivity contribution in [3.05, 3.63) is 47.5 Å². The Balaban J connectivity index is 1.55. The largest absolute Gasteiger partial charge is 0.481 e. The van der Waals surface area contributed by atoms with Crippen LogP contribution in [-0.2, 0) is 29.3 Å². The zero-order chi connectivity index (χ0) is 23.9. The van der Waals surface area contributed by atoms with Crippen molar-refractivity contribution >= 4 is 21.6 Å². The number of carbonyl (C=O) groups is 1. The molecule has 0 saturated carbocycles. The summed E-state index contributed by atoms with van der Waals surface area (Å²) in [5.41, 5.74) is 2.99. The molecule has 2 amide bonds. The number of urea groups is 1. The Labute approximate surface area is 195 Å². The van der Waals surface area contributed by atoms with Gasteiger partial charge < -0.3 is 14.8 Å². The number of aryl methyl sites for hydroxylation is 2. The van der Waals surface area contributed by atoms with Crippen molar-refractivity contribution in [2.75, 3.05) is 19.0 Å². The first kappa shape index (κ1) is 22.3. The quantitative estimate of drug-likeness (QED) is 0.581. The van der Waals surface area contributed by atoms with E-state index in [0.717, 1.165) is 36.6 Å². The predicted molar refractivity (Wildman–Crippen MR) is 123 cm³/mol. The summed E-state index contributed by atoms with van der Waals surface area (Å²) >= 11 is 0. The summed E-state index contributed by atoms with van der Waals surface area (Å²) in [5, 5.41) is 12.8. The number of carbonyl (C=O) groups excluding carboxylic acids is 1. The van der Waals surface area contributed by atoms with Gasteiger partial charge in [-0.2, -0.15) is 5.10 Å². The van der Waals surface area contributed by atoms with Crippen molar-refractivity contribution in [1.29, 1.82) is 0 Å². The Kier molecular flexibility index (Phi) is 5.70. The number of aromatic nitrogens is 3. The molecule has 1 atom stereocenters. The fourth-order valence-electron chi connectivity index (χ4n) is 4.32. The first-order valence-electron chi connectivity index (χ1n) is 10.8. The van der Waals surface area contributed by atoms with Crippen LogP contribution in [0, 0.1) is 5.82 Å². The van der Waals surface area contributed by atoms with Crippen LogP contribution in [0.15, 0.2) is 39.9 Å². The molecule has 2 aliphatic rings. The van der Waals surface area contributed by atoms with Crippen LogP contribution in [0.25, 0.3) is 11.1 Å². The maximum absolute atomic E-state index is 14.7. The predicted octanol–water partition coefficient (Wildman–Crippen LogP) is 3.30. The number of halogens is 1. The maximum atomic E-state index is 14.7. The summed E-state index contributed by atoms with van der Waals surface area (Å²) in [4.78, 5) is 16.9. The molecular weight excluding hydrogens is 463 g/mol. The van der Waals surface area contributed by atoms with Gasteiger partial charge in [-0.15, -0.1) is 4.36 Å². The molecule has 0 bridgehead atoms. The van der Waals surface area contributed by atoms with Crippen molar-refractivity contribution in [2.45, 2.75) is 37.1 Å². The minimum Gasteiger partial charge on any atom is -0.481 e. The van der Waals surface area contributed by atoms with E-state index in [2.05, 4.69) is 19.8 Å². The third-order valence-corrected chi connectivity index (χ3v) is 7.24. The van der Waals surface area contributed by atoms with Gasteiger partial charge in [0, 0.05) is 30.2 Å². The van der Waals surface area contributed by atoms with Crippen molar-refractivity contribution < 1.29 is 22.9 Å². The summed E-state index contributed by atoms with van der Waals surface area (Å²) in [5.74, 6) is -0.0881. The average Bonchev–Trinajstić information content (AvgIpc) is 3.47. The van der Waals surface area contributed by atoms with Gasteiger partial charge in [0.1, 0.15) is 10.7 Å². The minimum atomic E-state index is -3.64. The van der Waals surface area contributed by atoms with Gasteiger partial charge in [0.2, 0.25) is 11.8 Å². The number of benzene rings is 1. The van der Waals surface area contributed by atoms with E-state index in [1.807, 2.05) is 6.07 Å². The number of nitrogens with two attached hydrogens (primary N) is 1. The minimum absolute atomic E-state index is 0.0609. The van der Waals surface area contributed by atoms with Gasteiger partial charge >= 0.3 is 6.03 Å². The number of hydrogen-bond donors (Lipinski definition) is 2.